The Morgan fingerprint density at radius 1 is 1.44 bits per heavy atom. The van der Waals surface area contributed by atoms with Gasteiger partial charge in [-0.3, -0.25) is 9.89 Å². The minimum absolute atomic E-state index is 0.0220. The number of rotatable bonds is 2. The average Bonchev–Trinajstić information content (AvgIpc) is 2.76. The van der Waals surface area contributed by atoms with Gasteiger partial charge in [0.15, 0.2) is 0 Å². The van der Waals surface area contributed by atoms with E-state index < -0.39 is 5.91 Å². The van der Waals surface area contributed by atoms with Gasteiger partial charge in [-0.2, -0.15) is 10.4 Å². The van der Waals surface area contributed by atoms with Crippen molar-refractivity contribution in [2.45, 2.75) is 0 Å². The molecule has 2 aromatic rings. The Hall–Kier alpha value is -3.01. The zero-order valence-electron chi connectivity index (χ0n) is 9.01. The molecule has 0 saturated carbocycles. The summed E-state index contributed by atoms with van der Waals surface area (Å²) in [6.45, 7) is 0. The highest BCUT2D eigenvalue weighted by Crippen LogP contribution is 2.23. The highest BCUT2D eigenvalue weighted by Gasteiger charge is 2.14. The maximum absolute atomic E-state index is 11.8. The van der Waals surface area contributed by atoms with E-state index in [1.165, 1.54) is 18.3 Å². The van der Waals surface area contributed by atoms with Gasteiger partial charge < -0.3 is 15.5 Å². The Bertz CT molecular complexity index is 642. The summed E-state index contributed by atoms with van der Waals surface area (Å²) in [5.41, 5.74) is 0.160. The maximum atomic E-state index is 11.8. The Labute approximate surface area is 101 Å². The molecule has 0 bridgehead atoms. The van der Waals surface area contributed by atoms with Crippen molar-refractivity contribution >= 4 is 11.7 Å². The zero-order valence-corrected chi connectivity index (χ0v) is 9.01. The molecular weight excluding hydrogens is 236 g/mol. The van der Waals surface area contributed by atoms with E-state index in [1.807, 2.05) is 6.07 Å². The largest absolute Gasteiger partial charge is 0.508 e. The van der Waals surface area contributed by atoms with Crippen LogP contribution >= 0.6 is 0 Å². The molecule has 18 heavy (non-hydrogen) atoms. The van der Waals surface area contributed by atoms with Crippen LogP contribution in [0.25, 0.3) is 0 Å². The van der Waals surface area contributed by atoms with E-state index in [9.17, 15) is 9.90 Å². The average molecular weight is 244 g/mol. The number of aromatic nitrogens is 2. The number of nitrogens with zero attached hydrogens (tertiary/aromatic N) is 2. The normalized spacial score (nSPS) is 9.72. The smallest absolute Gasteiger partial charge is 0.260 e. The van der Waals surface area contributed by atoms with Crippen LogP contribution in [0.15, 0.2) is 24.4 Å². The number of hydrogen-bond donors (Lipinski definition) is 4. The summed E-state index contributed by atoms with van der Waals surface area (Å²) < 4.78 is 0. The van der Waals surface area contributed by atoms with Gasteiger partial charge in [0.2, 0.25) is 0 Å². The third-order valence-corrected chi connectivity index (χ3v) is 2.22. The summed E-state index contributed by atoms with van der Waals surface area (Å²) >= 11 is 0. The van der Waals surface area contributed by atoms with Crippen LogP contribution in [0.2, 0.25) is 0 Å². The van der Waals surface area contributed by atoms with Crippen LogP contribution in [0.5, 0.6) is 11.5 Å². The van der Waals surface area contributed by atoms with Crippen LogP contribution < -0.4 is 5.32 Å². The third kappa shape index (κ3) is 2.08. The number of amides is 1. The zero-order chi connectivity index (χ0) is 13.1. The second-order valence-corrected chi connectivity index (χ2v) is 3.43. The molecule has 0 atom stereocenters. The summed E-state index contributed by atoms with van der Waals surface area (Å²) in [5.74, 6) is -0.975. The van der Waals surface area contributed by atoms with Crippen molar-refractivity contribution in [1.29, 1.82) is 5.26 Å². The summed E-state index contributed by atoms with van der Waals surface area (Å²) in [6.07, 6.45) is 1.27. The highest BCUT2D eigenvalue weighted by molar-refractivity contribution is 6.06. The van der Waals surface area contributed by atoms with Gasteiger partial charge in [-0.05, 0) is 12.1 Å². The summed E-state index contributed by atoms with van der Waals surface area (Å²) in [5, 5.41) is 35.8. The molecule has 90 valence electrons. The van der Waals surface area contributed by atoms with Gasteiger partial charge in [0.25, 0.3) is 5.91 Å². The number of phenolic OH excluding ortho intramolecular Hbond substituents is 2. The van der Waals surface area contributed by atoms with Crippen molar-refractivity contribution in [2.24, 2.45) is 0 Å². The number of aromatic amines is 1. The number of aromatic hydroxyl groups is 2. The van der Waals surface area contributed by atoms with Gasteiger partial charge in [-0.15, -0.1) is 0 Å². The van der Waals surface area contributed by atoms with Crippen LogP contribution in [0.1, 0.15) is 15.9 Å². The van der Waals surface area contributed by atoms with Gasteiger partial charge in [-0.25, -0.2) is 0 Å². The van der Waals surface area contributed by atoms with Gasteiger partial charge in [-0.1, -0.05) is 0 Å². The number of hydrogen-bond acceptors (Lipinski definition) is 5. The molecule has 0 aliphatic rings. The van der Waals surface area contributed by atoms with Gasteiger partial charge in [0, 0.05) is 6.07 Å². The van der Waals surface area contributed by atoms with E-state index in [-0.39, 0.29) is 28.4 Å². The standard InChI is InChI=1S/C11H8N4O3/c12-4-6-5-13-15-10(6)14-11(18)8-2-1-7(16)3-9(8)17/h1-3,5,16-17H,(H2,13,14,15,18). The molecule has 0 saturated heterocycles. The number of nitrogens with one attached hydrogen (secondary N) is 2. The molecular formula is C11H8N4O3. The lowest BCUT2D eigenvalue weighted by atomic mass is 10.2. The molecule has 1 aromatic heterocycles. The maximum Gasteiger partial charge on any atom is 0.260 e. The lowest BCUT2D eigenvalue weighted by Crippen LogP contribution is -2.13. The second kappa shape index (κ2) is 4.47. The molecule has 0 aliphatic carbocycles. The van der Waals surface area contributed by atoms with Crippen LogP contribution in [-0.2, 0) is 0 Å². The van der Waals surface area contributed by atoms with Crippen molar-refractivity contribution in [3.63, 3.8) is 0 Å². The fraction of sp³-hybridized carbons (Fsp3) is 0. The minimum Gasteiger partial charge on any atom is -0.508 e. The van der Waals surface area contributed by atoms with E-state index in [2.05, 4.69) is 15.5 Å². The van der Waals surface area contributed by atoms with E-state index in [1.54, 1.807) is 0 Å². The first-order valence-electron chi connectivity index (χ1n) is 4.88. The van der Waals surface area contributed by atoms with E-state index in [4.69, 9.17) is 10.4 Å². The quantitative estimate of drug-likeness (QED) is 0.626. The van der Waals surface area contributed by atoms with Crippen LogP contribution in [0.3, 0.4) is 0 Å². The molecule has 1 heterocycles. The van der Waals surface area contributed by atoms with E-state index in [0.717, 1.165) is 6.07 Å². The fourth-order valence-electron chi connectivity index (χ4n) is 1.36. The molecule has 0 aliphatic heterocycles. The summed E-state index contributed by atoms with van der Waals surface area (Å²) in [4.78, 5) is 11.8. The first kappa shape index (κ1) is 11.5. The first-order valence-corrected chi connectivity index (χ1v) is 4.88. The van der Waals surface area contributed by atoms with Crippen molar-refractivity contribution < 1.29 is 15.0 Å². The van der Waals surface area contributed by atoms with Crippen LogP contribution in [0, 0.1) is 11.3 Å². The third-order valence-electron chi connectivity index (χ3n) is 2.22. The van der Waals surface area contributed by atoms with Crippen LogP contribution in [-0.4, -0.2) is 26.3 Å². The van der Waals surface area contributed by atoms with E-state index in [0.29, 0.717) is 0 Å². The lowest BCUT2D eigenvalue weighted by Gasteiger charge is -2.05. The molecule has 0 radical (unpaired) electrons. The van der Waals surface area contributed by atoms with Crippen molar-refractivity contribution in [3.8, 4) is 17.6 Å². The Kier molecular flexibility index (Phi) is 2.85. The van der Waals surface area contributed by atoms with Gasteiger partial charge >= 0.3 is 0 Å². The molecule has 7 heteroatoms. The van der Waals surface area contributed by atoms with Crippen molar-refractivity contribution in [2.75, 3.05) is 5.32 Å². The Balaban J connectivity index is 2.25. The van der Waals surface area contributed by atoms with E-state index >= 15 is 0 Å². The number of nitriles is 1. The minimum atomic E-state index is -0.617. The van der Waals surface area contributed by atoms with Crippen molar-refractivity contribution in [3.05, 3.63) is 35.5 Å². The monoisotopic (exact) mass is 244 g/mol. The number of anilines is 1. The number of carbonyl (C=O) groups is 1. The summed E-state index contributed by atoms with van der Waals surface area (Å²) in [7, 11) is 0. The molecule has 7 nitrogen and oxygen atoms in total. The molecule has 0 unspecified atom stereocenters. The predicted octanol–water partition coefficient (Wildman–Crippen LogP) is 0.945. The second-order valence-electron chi connectivity index (χ2n) is 3.43. The molecule has 0 spiro atoms. The summed E-state index contributed by atoms with van der Waals surface area (Å²) in [6, 6.07) is 5.43. The fourth-order valence-corrected chi connectivity index (χ4v) is 1.36. The molecule has 2 rings (SSSR count). The number of phenols is 2. The van der Waals surface area contributed by atoms with Gasteiger partial charge in [0.05, 0.1) is 11.8 Å². The number of carbonyl (C=O) groups excluding carboxylic acids is 1. The molecule has 4 N–H and O–H groups in total. The Morgan fingerprint density at radius 2 is 2.22 bits per heavy atom. The first-order chi connectivity index (χ1) is 8.61. The van der Waals surface area contributed by atoms with Crippen LogP contribution in [0.4, 0.5) is 5.82 Å². The SMILES string of the molecule is N#Cc1cn[nH]c1NC(=O)c1ccc(O)cc1O. The predicted molar refractivity (Wildman–Crippen MR) is 61.0 cm³/mol. The topological polar surface area (TPSA) is 122 Å². The Morgan fingerprint density at radius 3 is 2.89 bits per heavy atom. The number of H-pyrrole nitrogens is 1. The molecule has 1 aromatic carbocycles. The lowest BCUT2D eigenvalue weighted by molar-refractivity contribution is 0.102. The highest BCUT2D eigenvalue weighted by atomic mass is 16.3. The van der Waals surface area contributed by atoms with Gasteiger partial charge in [0.1, 0.15) is 28.9 Å². The molecule has 1 amide bonds. The molecule has 0 fully saturated rings. The number of benzene rings is 1. The van der Waals surface area contributed by atoms with Crippen molar-refractivity contribution in [1.82, 2.24) is 10.2 Å².